The van der Waals surface area contributed by atoms with Gasteiger partial charge < -0.3 is 5.73 Å². The topological polar surface area (TPSA) is 66.6 Å². The standard InChI is InChI=1S/C14H21N3O2S/c15-13-3-1-2-12(10-13)11-20(18,19)17-8-6-16(7-9-17)14-4-5-14/h1-3,10,14H,4-9,11,15H2. The number of nitrogens with zero attached hydrogens (tertiary/aromatic N) is 2. The van der Waals surface area contributed by atoms with Gasteiger partial charge >= 0.3 is 0 Å². The molecule has 5 nitrogen and oxygen atoms in total. The van der Waals surface area contributed by atoms with E-state index < -0.39 is 10.0 Å². The summed E-state index contributed by atoms with van der Waals surface area (Å²) in [6.45, 7) is 2.95. The molecule has 2 fully saturated rings. The molecule has 20 heavy (non-hydrogen) atoms. The lowest BCUT2D eigenvalue weighted by Gasteiger charge is -2.34. The Labute approximate surface area is 120 Å². The van der Waals surface area contributed by atoms with E-state index in [0.29, 0.717) is 24.8 Å². The maximum atomic E-state index is 12.4. The number of benzene rings is 1. The van der Waals surface area contributed by atoms with E-state index in [9.17, 15) is 8.42 Å². The summed E-state index contributed by atoms with van der Waals surface area (Å²) in [4.78, 5) is 2.41. The van der Waals surface area contributed by atoms with Crippen molar-refractivity contribution in [2.75, 3.05) is 31.9 Å². The van der Waals surface area contributed by atoms with E-state index in [4.69, 9.17) is 5.73 Å². The Kier molecular flexibility index (Phi) is 3.70. The fourth-order valence-electron chi connectivity index (χ4n) is 2.77. The highest BCUT2D eigenvalue weighted by molar-refractivity contribution is 7.88. The highest BCUT2D eigenvalue weighted by Gasteiger charge is 2.34. The van der Waals surface area contributed by atoms with E-state index in [-0.39, 0.29) is 5.75 Å². The summed E-state index contributed by atoms with van der Waals surface area (Å²) in [5, 5.41) is 0. The van der Waals surface area contributed by atoms with Crippen molar-refractivity contribution in [3.05, 3.63) is 29.8 Å². The van der Waals surface area contributed by atoms with Gasteiger partial charge in [0.05, 0.1) is 5.75 Å². The van der Waals surface area contributed by atoms with Crippen LogP contribution in [0.25, 0.3) is 0 Å². The van der Waals surface area contributed by atoms with Crippen molar-refractivity contribution >= 4 is 15.7 Å². The van der Waals surface area contributed by atoms with Gasteiger partial charge in [0.2, 0.25) is 10.0 Å². The van der Waals surface area contributed by atoms with Crippen molar-refractivity contribution in [2.45, 2.75) is 24.6 Å². The van der Waals surface area contributed by atoms with Crippen LogP contribution in [0.15, 0.2) is 24.3 Å². The summed E-state index contributed by atoms with van der Waals surface area (Å²) in [5.41, 5.74) is 7.07. The lowest BCUT2D eigenvalue weighted by atomic mass is 10.2. The van der Waals surface area contributed by atoms with E-state index in [1.54, 1.807) is 22.5 Å². The first-order chi connectivity index (χ1) is 9.54. The minimum Gasteiger partial charge on any atom is -0.399 e. The molecule has 110 valence electrons. The quantitative estimate of drug-likeness (QED) is 0.837. The molecule has 1 aliphatic heterocycles. The number of sulfonamides is 1. The highest BCUT2D eigenvalue weighted by Crippen LogP contribution is 2.28. The Morgan fingerprint density at radius 1 is 1.15 bits per heavy atom. The molecule has 0 bridgehead atoms. The van der Waals surface area contributed by atoms with Crippen molar-refractivity contribution in [3.8, 4) is 0 Å². The summed E-state index contributed by atoms with van der Waals surface area (Å²) in [6.07, 6.45) is 2.55. The number of hydrogen-bond acceptors (Lipinski definition) is 4. The summed E-state index contributed by atoms with van der Waals surface area (Å²) in [6, 6.07) is 7.83. The van der Waals surface area contributed by atoms with Crippen molar-refractivity contribution in [1.82, 2.24) is 9.21 Å². The molecular weight excluding hydrogens is 274 g/mol. The predicted molar refractivity (Wildman–Crippen MR) is 79.6 cm³/mol. The summed E-state index contributed by atoms with van der Waals surface area (Å²) in [7, 11) is -3.23. The molecule has 2 N–H and O–H groups in total. The zero-order valence-electron chi connectivity index (χ0n) is 11.5. The van der Waals surface area contributed by atoms with Crippen molar-refractivity contribution in [2.24, 2.45) is 0 Å². The lowest BCUT2D eigenvalue weighted by Crippen LogP contribution is -2.49. The number of nitrogen functional groups attached to an aromatic ring is 1. The van der Waals surface area contributed by atoms with Gasteiger partial charge in [-0.25, -0.2) is 8.42 Å². The SMILES string of the molecule is Nc1cccc(CS(=O)(=O)N2CCN(C3CC3)CC2)c1. The molecule has 1 aliphatic carbocycles. The second-order valence-corrected chi connectivity index (χ2v) is 7.64. The highest BCUT2D eigenvalue weighted by atomic mass is 32.2. The van der Waals surface area contributed by atoms with Crippen LogP contribution in [0, 0.1) is 0 Å². The number of nitrogens with two attached hydrogens (primary N) is 1. The Balaban J connectivity index is 1.63. The van der Waals surface area contributed by atoms with Gasteiger partial charge in [-0.1, -0.05) is 12.1 Å². The first-order valence-electron chi connectivity index (χ1n) is 7.11. The van der Waals surface area contributed by atoms with Crippen LogP contribution >= 0.6 is 0 Å². The van der Waals surface area contributed by atoms with Crippen LogP contribution in [0.4, 0.5) is 5.69 Å². The van der Waals surface area contributed by atoms with E-state index in [1.165, 1.54) is 12.8 Å². The maximum Gasteiger partial charge on any atom is 0.218 e. The fourth-order valence-corrected chi connectivity index (χ4v) is 4.27. The number of rotatable bonds is 4. The van der Waals surface area contributed by atoms with Gasteiger partial charge in [0.25, 0.3) is 0 Å². The largest absolute Gasteiger partial charge is 0.399 e. The molecule has 0 unspecified atom stereocenters. The molecule has 2 aliphatic rings. The van der Waals surface area contributed by atoms with Gasteiger partial charge in [0.15, 0.2) is 0 Å². The zero-order chi connectivity index (χ0) is 14.2. The Bertz CT molecular complexity index is 576. The summed E-state index contributed by atoms with van der Waals surface area (Å²) >= 11 is 0. The molecule has 1 aromatic carbocycles. The smallest absolute Gasteiger partial charge is 0.218 e. The van der Waals surface area contributed by atoms with Gasteiger partial charge in [0, 0.05) is 37.9 Å². The third kappa shape index (κ3) is 3.13. The van der Waals surface area contributed by atoms with Crippen LogP contribution in [0.3, 0.4) is 0 Å². The molecular formula is C14H21N3O2S. The summed E-state index contributed by atoms with van der Waals surface area (Å²) in [5.74, 6) is 0.0431. The van der Waals surface area contributed by atoms with Crippen LogP contribution < -0.4 is 5.73 Å². The van der Waals surface area contributed by atoms with Gasteiger partial charge in [-0.3, -0.25) is 4.90 Å². The Morgan fingerprint density at radius 3 is 2.45 bits per heavy atom. The molecule has 3 rings (SSSR count). The van der Waals surface area contributed by atoms with Crippen molar-refractivity contribution in [3.63, 3.8) is 0 Å². The molecule has 1 saturated heterocycles. The molecule has 0 aromatic heterocycles. The number of anilines is 1. The maximum absolute atomic E-state index is 12.4. The molecule has 6 heteroatoms. The number of piperazine rings is 1. The second-order valence-electron chi connectivity index (χ2n) is 5.67. The molecule has 1 heterocycles. The molecule has 0 atom stereocenters. The number of hydrogen-bond donors (Lipinski definition) is 1. The third-order valence-corrected chi connectivity index (χ3v) is 5.88. The average molecular weight is 295 g/mol. The van der Waals surface area contributed by atoms with Crippen LogP contribution in [-0.4, -0.2) is 49.8 Å². The molecule has 1 aromatic rings. The van der Waals surface area contributed by atoms with Gasteiger partial charge in [-0.15, -0.1) is 0 Å². The molecule has 1 saturated carbocycles. The van der Waals surface area contributed by atoms with Crippen LogP contribution in [-0.2, 0) is 15.8 Å². The van der Waals surface area contributed by atoms with Crippen LogP contribution in [0.1, 0.15) is 18.4 Å². The average Bonchev–Trinajstić information content (AvgIpc) is 3.23. The summed E-state index contributed by atoms with van der Waals surface area (Å²) < 4.78 is 26.5. The van der Waals surface area contributed by atoms with Gasteiger partial charge in [-0.2, -0.15) is 4.31 Å². The lowest BCUT2D eigenvalue weighted by molar-refractivity contribution is 0.180. The molecule has 0 spiro atoms. The Morgan fingerprint density at radius 2 is 1.85 bits per heavy atom. The minimum atomic E-state index is -3.23. The van der Waals surface area contributed by atoms with Crippen molar-refractivity contribution in [1.29, 1.82) is 0 Å². The Hall–Kier alpha value is -1.11. The van der Waals surface area contributed by atoms with Gasteiger partial charge in [0.1, 0.15) is 0 Å². The monoisotopic (exact) mass is 295 g/mol. The predicted octanol–water partition coefficient (Wildman–Crippen LogP) is 0.879. The first kappa shape index (κ1) is 13.9. The molecule has 0 amide bonds. The fraction of sp³-hybridized carbons (Fsp3) is 0.571. The van der Waals surface area contributed by atoms with Crippen LogP contribution in [0.5, 0.6) is 0 Å². The normalized spacial score (nSPS) is 22.0. The second kappa shape index (κ2) is 5.35. The van der Waals surface area contributed by atoms with Crippen LogP contribution in [0.2, 0.25) is 0 Å². The van der Waals surface area contributed by atoms with E-state index in [2.05, 4.69) is 4.90 Å². The van der Waals surface area contributed by atoms with E-state index >= 15 is 0 Å². The van der Waals surface area contributed by atoms with Crippen molar-refractivity contribution < 1.29 is 8.42 Å². The minimum absolute atomic E-state index is 0.0431. The van der Waals surface area contributed by atoms with E-state index in [1.807, 2.05) is 6.07 Å². The molecule has 0 radical (unpaired) electrons. The first-order valence-corrected chi connectivity index (χ1v) is 8.72. The van der Waals surface area contributed by atoms with E-state index in [0.717, 1.165) is 18.7 Å². The zero-order valence-corrected chi connectivity index (χ0v) is 12.3. The van der Waals surface area contributed by atoms with Gasteiger partial charge in [-0.05, 0) is 30.5 Å². The third-order valence-electron chi connectivity index (χ3n) is 4.03.